The lowest BCUT2D eigenvalue weighted by Gasteiger charge is -2.24. The molecule has 98 valence electrons. The highest BCUT2D eigenvalue weighted by Crippen LogP contribution is 2.36. The van der Waals surface area contributed by atoms with Crippen LogP contribution in [0.25, 0.3) is 0 Å². The van der Waals surface area contributed by atoms with Crippen molar-refractivity contribution in [2.24, 2.45) is 5.73 Å². The Labute approximate surface area is 107 Å². The molecule has 0 radical (unpaired) electrons. The van der Waals surface area contributed by atoms with Gasteiger partial charge in [-0.2, -0.15) is 0 Å². The van der Waals surface area contributed by atoms with Crippen LogP contribution in [0.1, 0.15) is 24.8 Å². The van der Waals surface area contributed by atoms with E-state index < -0.39 is 0 Å². The lowest BCUT2D eigenvalue weighted by Crippen LogP contribution is -2.35. The van der Waals surface area contributed by atoms with Gasteiger partial charge in [-0.3, -0.25) is 0 Å². The Morgan fingerprint density at radius 3 is 2.56 bits per heavy atom. The minimum atomic E-state index is 0.262. The van der Waals surface area contributed by atoms with Crippen molar-refractivity contribution in [1.82, 2.24) is 0 Å². The monoisotopic (exact) mass is 248 g/mol. The summed E-state index contributed by atoms with van der Waals surface area (Å²) in [7, 11) is 0. The first kappa shape index (κ1) is 11.7. The van der Waals surface area contributed by atoms with Crippen LogP contribution in [0.2, 0.25) is 0 Å². The van der Waals surface area contributed by atoms with Gasteiger partial charge in [0.1, 0.15) is 13.2 Å². The standard InChI is InChI=1S/C14H20N2O2/c1-9-7-13-14(18-6-5-17-13)8-12(9)16-11-4-2-3-10(11)15/h7-8,10-11,16H,2-6,15H2,1H3. The van der Waals surface area contributed by atoms with E-state index >= 15 is 0 Å². The average molecular weight is 248 g/mol. The van der Waals surface area contributed by atoms with E-state index in [4.69, 9.17) is 15.2 Å². The third-order valence-corrected chi connectivity index (χ3v) is 3.80. The van der Waals surface area contributed by atoms with Crippen LogP contribution in [0.3, 0.4) is 0 Å². The van der Waals surface area contributed by atoms with E-state index in [1.54, 1.807) is 0 Å². The number of ether oxygens (including phenoxy) is 2. The van der Waals surface area contributed by atoms with Gasteiger partial charge in [-0.25, -0.2) is 0 Å². The lowest BCUT2D eigenvalue weighted by atomic mass is 10.1. The van der Waals surface area contributed by atoms with E-state index in [1.165, 1.54) is 12.0 Å². The highest BCUT2D eigenvalue weighted by atomic mass is 16.6. The third-order valence-electron chi connectivity index (χ3n) is 3.80. The van der Waals surface area contributed by atoms with Gasteiger partial charge in [-0.05, 0) is 37.8 Å². The minimum Gasteiger partial charge on any atom is -0.486 e. The topological polar surface area (TPSA) is 56.5 Å². The largest absolute Gasteiger partial charge is 0.486 e. The number of fused-ring (bicyclic) bond motifs is 1. The summed E-state index contributed by atoms with van der Waals surface area (Å²) in [6.07, 6.45) is 3.47. The van der Waals surface area contributed by atoms with E-state index in [-0.39, 0.29) is 6.04 Å². The van der Waals surface area contributed by atoms with Gasteiger partial charge in [0.15, 0.2) is 11.5 Å². The van der Waals surface area contributed by atoms with Crippen molar-refractivity contribution in [2.45, 2.75) is 38.3 Å². The Morgan fingerprint density at radius 2 is 1.89 bits per heavy atom. The molecule has 2 aliphatic rings. The zero-order chi connectivity index (χ0) is 12.5. The summed E-state index contributed by atoms with van der Waals surface area (Å²) in [6, 6.07) is 4.72. The lowest BCUT2D eigenvalue weighted by molar-refractivity contribution is 0.171. The fraction of sp³-hybridized carbons (Fsp3) is 0.571. The zero-order valence-corrected chi connectivity index (χ0v) is 10.7. The molecule has 1 aromatic carbocycles. The number of nitrogens with one attached hydrogen (secondary N) is 1. The summed E-state index contributed by atoms with van der Waals surface area (Å²) in [5.74, 6) is 1.68. The molecule has 0 bridgehead atoms. The number of rotatable bonds is 2. The van der Waals surface area contributed by atoms with Gasteiger partial charge in [0.25, 0.3) is 0 Å². The fourth-order valence-electron chi connectivity index (χ4n) is 2.71. The first-order chi connectivity index (χ1) is 8.74. The second-order valence-electron chi connectivity index (χ2n) is 5.16. The van der Waals surface area contributed by atoms with Gasteiger partial charge in [0.2, 0.25) is 0 Å². The molecule has 1 aromatic rings. The molecule has 4 heteroatoms. The molecule has 1 fully saturated rings. The van der Waals surface area contributed by atoms with Gasteiger partial charge < -0.3 is 20.5 Å². The summed E-state index contributed by atoms with van der Waals surface area (Å²) in [4.78, 5) is 0. The molecule has 1 heterocycles. The Hall–Kier alpha value is -1.42. The minimum absolute atomic E-state index is 0.262. The molecule has 2 atom stereocenters. The summed E-state index contributed by atoms with van der Waals surface area (Å²) >= 11 is 0. The smallest absolute Gasteiger partial charge is 0.163 e. The zero-order valence-electron chi connectivity index (χ0n) is 10.7. The number of anilines is 1. The Kier molecular flexibility index (Phi) is 3.04. The Bertz CT molecular complexity index is 448. The molecule has 3 N–H and O–H groups in total. The van der Waals surface area contributed by atoms with Gasteiger partial charge >= 0.3 is 0 Å². The van der Waals surface area contributed by atoms with E-state index in [1.807, 2.05) is 12.1 Å². The highest BCUT2D eigenvalue weighted by Gasteiger charge is 2.24. The molecular weight excluding hydrogens is 228 g/mol. The van der Waals surface area contributed by atoms with Crippen LogP contribution in [-0.4, -0.2) is 25.3 Å². The van der Waals surface area contributed by atoms with Gasteiger partial charge in [-0.15, -0.1) is 0 Å². The molecule has 0 amide bonds. The van der Waals surface area contributed by atoms with Crippen LogP contribution in [0.15, 0.2) is 12.1 Å². The number of hydrogen-bond donors (Lipinski definition) is 2. The maximum Gasteiger partial charge on any atom is 0.163 e. The molecule has 3 rings (SSSR count). The summed E-state index contributed by atoms with van der Waals surface area (Å²) in [5.41, 5.74) is 8.39. The molecule has 1 saturated carbocycles. The van der Waals surface area contributed by atoms with Gasteiger partial charge in [0.05, 0.1) is 0 Å². The highest BCUT2D eigenvalue weighted by molar-refractivity contribution is 5.61. The van der Waals surface area contributed by atoms with E-state index in [0.717, 1.165) is 30.0 Å². The normalized spacial score (nSPS) is 26.1. The average Bonchev–Trinajstić information content (AvgIpc) is 2.76. The summed E-state index contributed by atoms with van der Waals surface area (Å²) < 4.78 is 11.2. The maximum absolute atomic E-state index is 6.10. The van der Waals surface area contributed by atoms with Gasteiger partial charge in [-0.1, -0.05) is 0 Å². The van der Waals surface area contributed by atoms with Crippen molar-refractivity contribution in [3.8, 4) is 11.5 Å². The fourth-order valence-corrected chi connectivity index (χ4v) is 2.71. The second-order valence-corrected chi connectivity index (χ2v) is 5.16. The SMILES string of the molecule is Cc1cc2c(cc1NC1CCCC1N)OCCO2. The summed E-state index contributed by atoms with van der Waals surface area (Å²) in [5, 5.41) is 3.55. The van der Waals surface area contributed by atoms with Crippen molar-refractivity contribution >= 4 is 5.69 Å². The molecule has 0 aromatic heterocycles. The predicted molar refractivity (Wildman–Crippen MR) is 71.4 cm³/mol. The quantitative estimate of drug-likeness (QED) is 0.841. The Morgan fingerprint density at radius 1 is 1.17 bits per heavy atom. The van der Waals surface area contributed by atoms with E-state index in [9.17, 15) is 0 Å². The second kappa shape index (κ2) is 4.69. The van der Waals surface area contributed by atoms with Crippen molar-refractivity contribution in [3.63, 3.8) is 0 Å². The number of hydrogen-bond acceptors (Lipinski definition) is 4. The van der Waals surface area contributed by atoms with Crippen molar-refractivity contribution in [3.05, 3.63) is 17.7 Å². The molecule has 4 nitrogen and oxygen atoms in total. The molecular formula is C14H20N2O2. The van der Waals surface area contributed by atoms with Crippen LogP contribution in [0.5, 0.6) is 11.5 Å². The van der Waals surface area contributed by atoms with Crippen molar-refractivity contribution in [2.75, 3.05) is 18.5 Å². The third kappa shape index (κ3) is 2.12. The van der Waals surface area contributed by atoms with Crippen molar-refractivity contribution < 1.29 is 9.47 Å². The van der Waals surface area contributed by atoms with E-state index in [0.29, 0.717) is 19.3 Å². The van der Waals surface area contributed by atoms with Crippen LogP contribution in [0.4, 0.5) is 5.69 Å². The number of nitrogens with two attached hydrogens (primary N) is 1. The number of aryl methyl sites for hydroxylation is 1. The molecule has 2 unspecified atom stereocenters. The number of benzene rings is 1. The van der Waals surface area contributed by atoms with Crippen LogP contribution in [0, 0.1) is 6.92 Å². The molecule has 0 spiro atoms. The first-order valence-electron chi connectivity index (χ1n) is 6.66. The summed E-state index contributed by atoms with van der Waals surface area (Å²) in [6.45, 7) is 3.34. The van der Waals surface area contributed by atoms with Crippen LogP contribution in [-0.2, 0) is 0 Å². The maximum atomic E-state index is 6.10. The van der Waals surface area contributed by atoms with Gasteiger partial charge in [0, 0.05) is 23.8 Å². The van der Waals surface area contributed by atoms with E-state index in [2.05, 4.69) is 12.2 Å². The predicted octanol–water partition coefficient (Wildman–Crippen LogP) is 2.06. The molecule has 1 aliphatic heterocycles. The first-order valence-corrected chi connectivity index (χ1v) is 6.66. The van der Waals surface area contributed by atoms with Crippen LogP contribution < -0.4 is 20.5 Å². The molecule has 0 saturated heterocycles. The molecule has 18 heavy (non-hydrogen) atoms. The Balaban J connectivity index is 1.83. The molecule has 1 aliphatic carbocycles. The van der Waals surface area contributed by atoms with Crippen molar-refractivity contribution in [1.29, 1.82) is 0 Å². The van der Waals surface area contributed by atoms with Crippen LogP contribution >= 0.6 is 0 Å².